The predicted molar refractivity (Wildman–Crippen MR) is 78.3 cm³/mol. The molecule has 0 aromatic carbocycles. The van der Waals surface area contributed by atoms with Gasteiger partial charge in [0.25, 0.3) is 0 Å². The highest BCUT2D eigenvalue weighted by Crippen LogP contribution is 2.37. The lowest BCUT2D eigenvalue weighted by atomic mass is 10.2. The maximum atomic E-state index is 11.1. The summed E-state index contributed by atoms with van der Waals surface area (Å²) in [5.74, 6) is -0.707. The van der Waals surface area contributed by atoms with Crippen LogP contribution in [-0.4, -0.2) is 25.7 Å². The SMILES string of the molecule is O=C(O)c1cc(Cl)c2nnc(-c3cc(Cl)sc3Cl)n2c1. The number of pyridine rings is 1. The van der Waals surface area contributed by atoms with E-state index < -0.39 is 5.97 Å². The van der Waals surface area contributed by atoms with Gasteiger partial charge in [-0.25, -0.2) is 4.79 Å². The third kappa shape index (κ3) is 2.14. The molecule has 20 heavy (non-hydrogen) atoms. The van der Waals surface area contributed by atoms with Gasteiger partial charge in [0.15, 0.2) is 11.5 Å². The van der Waals surface area contributed by atoms with E-state index in [1.54, 1.807) is 6.07 Å². The van der Waals surface area contributed by atoms with Gasteiger partial charge in [0.05, 0.1) is 20.5 Å². The number of rotatable bonds is 2. The van der Waals surface area contributed by atoms with E-state index in [9.17, 15) is 4.79 Å². The number of carboxylic acid groups (broad SMARTS) is 1. The monoisotopic (exact) mass is 347 g/mol. The molecule has 3 aromatic heterocycles. The molecule has 3 aromatic rings. The minimum atomic E-state index is -1.09. The lowest BCUT2D eigenvalue weighted by molar-refractivity contribution is 0.0696. The molecular weight excluding hydrogens is 345 g/mol. The van der Waals surface area contributed by atoms with Crippen molar-refractivity contribution in [1.29, 1.82) is 0 Å². The van der Waals surface area contributed by atoms with Gasteiger partial charge in [0, 0.05) is 6.20 Å². The molecule has 0 saturated carbocycles. The second kappa shape index (κ2) is 4.89. The number of hydrogen-bond acceptors (Lipinski definition) is 4. The van der Waals surface area contributed by atoms with E-state index in [0.717, 1.165) is 0 Å². The molecule has 0 saturated heterocycles. The van der Waals surface area contributed by atoms with Gasteiger partial charge in [-0.05, 0) is 12.1 Å². The summed E-state index contributed by atoms with van der Waals surface area (Å²) < 4.78 is 2.43. The molecule has 0 bridgehead atoms. The number of thiophene rings is 1. The standard InChI is InChI=1S/C11H4Cl3N3O2S/c12-6-1-4(11(18)19)3-17-9(15-16-10(6)17)5-2-7(13)20-8(5)14/h1-3H,(H,18,19). The molecule has 5 nitrogen and oxygen atoms in total. The van der Waals surface area contributed by atoms with Gasteiger partial charge >= 0.3 is 5.97 Å². The van der Waals surface area contributed by atoms with Gasteiger partial charge in [-0.3, -0.25) is 4.40 Å². The average molecular weight is 349 g/mol. The zero-order valence-electron chi connectivity index (χ0n) is 9.47. The third-order valence-electron chi connectivity index (χ3n) is 2.60. The second-order valence-corrected chi connectivity index (χ2v) is 6.53. The van der Waals surface area contributed by atoms with Crippen molar-refractivity contribution in [1.82, 2.24) is 14.6 Å². The fourth-order valence-electron chi connectivity index (χ4n) is 1.75. The van der Waals surface area contributed by atoms with Crippen LogP contribution in [0.2, 0.25) is 13.7 Å². The van der Waals surface area contributed by atoms with Crippen LogP contribution in [0.5, 0.6) is 0 Å². The van der Waals surface area contributed by atoms with Crippen molar-refractivity contribution in [3.05, 3.63) is 37.6 Å². The van der Waals surface area contributed by atoms with Crippen LogP contribution in [-0.2, 0) is 0 Å². The Morgan fingerprint density at radius 1 is 1.25 bits per heavy atom. The Hall–Kier alpha value is -1.34. The Balaban J connectivity index is 2.32. The van der Waals surface area contributed by atoms with Crippen LogP contribution >= 0.6 is 46.1 Å². The number of carboxylic acids is 1. The summed E-state index contributed by atoms with van der Waals surface area (Å²) in [6.07, 6.45) is 1.39. The number of nitrogens with zero attached hydrogens (tertiary/aromatic N) is 3. The fourth-order valence-corrected chi connectivity index (χ4v) is 3.45. The Kier molecular flexibility index (Phi) is 3.33. The van der Waals surface area contributed by atoms with Gasteiger partial charge in [0.2, 0.25) is 0 Å². The van der Waals surface area contributed by atoms with Crippen LogP contribution in [0.1, 0.15) is 10.4 Å². The molecule has 0 aliphatic rings. The highest BCUT2D eigenvalue weighted by molar-refractivity contribution is 7.20. The molecule has 0 spiro atoms. The van der Waals surface area contributed by atoms with E-state index >= 15 is 0 Å². The van der Waals surface area contributed by atoms with E-state index in [0.29, 0.717) is 25.7 Å². The predicted octanol–water partition coefficient (Wildman–Crippen LogP) is 4.12. The molecular formula is C11H4Cl3N3O2S. The summed E-state index contributed by atoms with van der Waals surface area (Å²) in [4.78, 5) is 11.1. The van der Waals surface area contributed by atoms with Crippen LogP contribution in [0.4, 0.5) is 0 Å². The van der Waals surface area contributed by atoms with E-state index in [-0.39, 0.29) is 10.6 Å². The highest BCUT2D eigenvalue weighted by Gasteiger charge is 2.18. The maximum Gasteiger partial charge on any atom is 0.337 e. The highest BCUT2D eigenvalue weighted by atomic mass is 35.5. The lowest BCUT2D eigenvalue weighted by Crippen LogP contribution is -2.00. The molecule has 102 valence electrons. The normalized spacial score (nSPS) is 11.2. The number of aromatic nitrogens is 3. The van der Waals surface area contributed by atoms with E-state index in [1.165, 1.54) is 28.0 Å². The molecule has 0 aliphatic heterocycles. The Labute approximate surface area is 131 Å². The first-order chi connectivity index (χ1) is 9.47. The van der Waals surface area contributed by atoms with Gasteiger partial charge < -0.3 is 5.11 Å². The number of hydrogen-bond donors (Lipinski definition) is 1. The van der Waals surface area contributed by atoms with Crippen molar-refractivity contribution in [3.8, 4) is 11.4 Å². The first-order valence-corrected chi connectivity index (χ1v) is 7.15. The van der Waals surface area contributed by atoms with Crippen molar-refractivity contribution in [2.24, 2.45) is 0 Å². The molecule has 9 heteroatoms. The van der Waals surface area contributed by atoms with Crippen molar-refractivity contribution < 1.29 is 9.90 Å². The van der Waals surface area contributed by atoms with Crippen LogP contribution in [0, 0.1) is 0 Å². The van der Waals surface area contributed by atoms with E-state index in [1.807, 2.05) is 0 Å². The zero-order valence-corrected chi connectivity index (χ0v) is 12.6. The minimum Gasteiger partial charge on any atom is -0.478 e. The molecule has 0 fully saturated rings. The summed E-state index contributed by atoms with van der Waals surface area (Å²) in [6, 6.07) is 2.96. The molecule has 0 unspecified atom stereocenters. The summed E-state index contributed by atoms with van der Waals surface area (Å²) in [5, 5.41) is 17.2. The van der Waals surface area contributed by atoms with Crippen LogP contribution in [0.15, 0.2) is 18.3 Å². The van der Waals surface area contributed by atoms with Crippen molar-refractivity contribution in [3.63, 3.8) is 0 Å². The van der Waals surface area contributed by atoms with E-state index in [4.69, 9.17) is 39.9 Å². The molecule has 0 radical (unpaired) electrons. The first-order valence-electron chi connectivity index (χ1n) is 5.20. The second-order valence-electron chi connectivity index (χ2n) is 3.84. The van der Waals surface area contributed by atoms with Crippen LogP contribution < -0.4 is 0 Å². The average Bonchev–Trinajstić information content (AvgIpc) is 2.92. The Morgan fingerprint density at radius 3 is 2.60 bits per heavy atom. The third-order valence-corrected chi connectivity index (χ3v) is 4.37. The lowest BCUT2D eigenvalue weighted by Gasteiger charge is -2.02. The first kappa shape index (κ1) is 13.6. The molecule has 0 atom stereocenters. The largest absolute Gasteiger partial charge is 0.478 e. The summed E-state index contributed by atoms with van der Waals surface area (Å²) in [6.45, 7) is 0. The molecule has 3 heterocycles. The minimum absolute atomic E-state index is 0.0287. The van der Waals surface area contributed by atoms with Crippen LogP contribution in [0.3, 0.4) is 0 Å². The quantitative estimate of drug-likeness (QED) is 0.756. The molecule has 0 aliphatic carbocycles. The van der Waals surface area contributed by atoms with Gasteiger partial charge in [0.1, 0.15) is 4.34 Å². The Bertz CT molecular complexity index is 843. The maximum absolute atomic E-state index is 11.1. The van der Waals surface area contributed by atoms with Crippen molar-refractivity contribution in [2.75, 3.05) is 0 Å². The fraction of sp³-hybridized carbons (Fsp3) is 0. The number of halogens is 3. The van der Waals surface area contributed by atoms with Crippen molar-refractivity contribution in [2.45, 2.75) is 0 Å². The van der Waals surface area contributed by atoms with Crippen molar-refractivity contribution >= 4 is 57.8 Å². The molecule has 1 N–H and O–H groups in total. The summed E-state index contributed by atoms with van der Waals surface area (Å²) in [5.41, 5.74) is 0.957. The van der Waals surface area contributed by atoms with E-state index in [2.05, 4.69) is 10.2 Å². The number of carbonyl (C=O) groups is 1. The molecule has 0 amide bonds. The topological polar surface area (TPSA) is 67.5 Å². The zero-order chi connectivity index (χ0) is 14.4. The molecule has 3 rings (SSSR count). The summed E-state index contributed by atoms with van der Waals surface area (Å²) in [7, 11) is 0. The van der Waals surface area contributed by atoms with Gasteiger partial charge in [-0.1, -0.05) is 34.8 Å². The smallest absolute Gasteiger partial charge is 0.337 e. The summed E-state index contributed by atoms with van der Waals surface area (Å²) >= 11 is 19.2. The van der Waals surface area contributed by atoms with Gasteiger partial charge in [-0.2, -0.15) is 0 Å². The van der Waals surface area contributed by atoms with Gasteiger partial charge in [-0.15, -0.1) is 21.5 Å². The number of fused-ring (bicyclic) bond motifs is 1. The number of aromatic carboxylic acids is 1. The van der Waals surface area contributed by atoms with Crippen LogP contribution in [0.25, 0.3) is 17.0 Å². The Morgan fingerprint density at radius 2 is 2.00 bits per heavy atom.